The van der Waals surface area contributed by atoms with Gasteiger partial charge in [-0.3, -0.25) is 10.3 Å². The third-order valence-corrected chi connectivity index (χ3v) is 1.69. The molecule has 0 rings (SSSR count). The molecule has 0 fully saturated rings. The van der Waals surface area contributed by atoms with E-state index in [2.05, 4.69) is 37.8 Å². The molecule has 0 aromatic carbocycles. The standard InChI is InChI=1S/C10H21N3O/c1-6-9(10(2,3)4)12-13(5)7-11-8-14/h6,11,14H,1,7-8H2,2-5H3/b12-9+. The molecule has 82 valence electrons. The third kappa shape index (κ3) is 4.99. The fraction of sp³-hybridized carbons (Fsp3) is 0.700. The van der Waals surface area contributed by atoms with Crippen LogP contribution in [0.1, 0.15) is 20.8 Å². The van der Waals surface area contributed by atoms with Crippen molar-refractivity contribution in [2.45, 2.75) is 20.8 Å². The number of nitrogens with zero attached hydrogens (tertiary/aromatic N) is 2. The molecule has 0 aliphatic rings. The number of hydrazone groups is 1. The van der Waals surface area contributed by atoms with Crippen LogP contribution in [0.3, 0.4) is 0 Å². The van der Waals surface area contributed by atoms with E-state index in [-0.39, 0.29) is 12.1 Å². The van der Waals surface area contributed by atoms with E-state index in [1.807, 2.05) is 7.05 Å². The summed E-state index contributed by atoms with van der Waals surface area (Å²) < 4.78 is 0. The van der Waals surface area contributed by atoms with Crippen LogP contribution in [0.4, 0.5) is 0 Å². The zero-order valence-electron chi connectivity index (χ0n) is 9.54. The van der Waals surface area contributed by atoms with Crippen LogP contribution in [0.15, 0.2) is 17.8 Å². The van der Waals surface area contributed by atoms with Crippen LogP contribution < -0.4 is 5.32 Å². The first-order chi connectivity index (χ1) is 6.41. The molecular formula is C10H21N3O. The van der Waals surface area contributed by atoms with Crippen LogP contribution in [-0.2, 0) is 0 Å². The van der Waals surface area contributed by atoms with E-state index in [1.165, 1.54) is 0 Å². The second-order valence-corrected chi connectivity index (χ2v) is 4.16. The third-order valence-electron chi connectivity index (χ3n) is 1.69. The van der Waals surface area contributed by atoms with E-state index in [1.54, 1.807) is 11.1 Å². The molecule has 2 N–H and O–H groups in total. The van der Waals surface area contributed by atoms with Gasteiger partial charge in [0.15, 0.2) is 0 Å². The molecule has 0 aliphatic heterocycles. The summed E-state index contributed by atoms with van der Waals surface area (Å²) in [4.78, 5) is 0. The minimum Gasteiger partial charge on any atom is -0.381 e. The van der Waals surface area contributed by atoms with Crippen molar-refractivity contribution in [3.8, 4) is 0 Å². The topological polar surface area (TPSA) is 47.9 Å². The Kier molecular flexibility index (Phi) is 5.42. The molecular weight excluding hydrogens is 178 g/mol. The van der Waals surface area contributed by atoms with Crippen molar-refractivity contribution in [3.63, 3.8) is 0 Å². The lowest BCUT2D eigenvalue weighted by Gasteiger charge is -2.22. The SMILES string of the molecule is C=C/C(=N\N(C)CNCO)C(C)(C)C. The molecule has 0 spiro atoms. The summed E-state index contributed by atoms with van der Waals surface area (Å²) in [5.74, 6) is 0. The molecule has 0 atom stereocenters. The average Bonchev–Trinajstić information content (AvgIpc) is 2.08. The summed E-state index contributed by atoms with van der Waals surface area (Å²) in [7, 11) is 1.85. The van der Waals surface area contributed by atoms with Gasteiger partial charge in [-0.2, -0.15) is 5.10 Å². The first-order valence-electron chi connectivity index (χ1n) is 4.66. The Morgan fingerprint density at radius 3 is 2.50 bits per heavy atom. The van der Waals surface area contributed by atoms with E-state index in [0.29, 0.717) is 6.67 Å². The van der Waals surface area contributed by atoms with Crippen LogP contribution in [0.25, 0.3) is 0 Å². The quantitative estimate of drug-likeness (QED) is 0.394. The van der Waals surface area contributed by atoms with Gasteiger partial charge in [-0.05, 0) is 6.08 Å². The van der Waals surface area contributed by atoms with Gasteiger partial charge in [-0.1, -0.05) is 27.4 Å². The highest BCUT2D eigenvalue weighted by Gasteiger charge is 2.16. The second-order valence-electron chi connectivity index (χ2n) is 4.16. The molecule has 14 heavy (non-hydrogen) atoms. The Morgan fingerprint density at radius 2 is 2.14 bits per heavy atom. The van der Waals surface area contributed by atoms with Crippen molar-refractivity contribution in [1.82, 2.24) is 10.3 Å². The summed E-state index contributed by atoms with van der Waals surface area (Å²) in [5, 5.41) is 17.4. The lowest BCUT2D eigenvalue weighted by molar-refractivity contribution is 0.216. The summed E-state index contributed by atoms with van der Waals surface area (Å²) in [6, 6.07) is 0. The number of rotatable bonds is 5. The molecule has 0 heterocycles. The van der Waals surface area contributed by atoms with Crippen molar-refractivity contribution < 1.29 is 5.11 Å². The molecule has 0 aromatic rings. The van der Waals surface area contributed by atoms with Gasteiger partial charge in [0.2, 0.25) is 0 Å². The van der Waals surface area contributed by atoms with E-state index in [9.17, 15) is 0 Å². The molecule has 0 saturated carbocycles. The lowest BCUT2D eigenvalue weighted by Crippen LogP contribution is -2.30. The van der Waals surface area contributed by atoms with Crippen LogP contribution in [0.5, 0.6) is 0 Å². The maximum atomic E-state index is 8.56. The van der Waals surface area contributed by atoms with Gasteiger partial charge in [-0.25, -0.2) is 0 Å². The largest absolute Gasteiger partial charge is 0.381 e. The molecule has 0 amide bonds. The van der Waals surface area contributed by atoms with Crippen molar-refractivity contribution in [3.05, 3.63) is 12.7 Å². The highest BCUT2D eigenvalue weighted by atomic mass is 16.3. The maximum absolute atomic E-state index is 8.56. The number of hydrogen-bond acceptors (Lipinski definition) is 4. The summed E-state index contributed by atoms with van der Waals surface area (Å²) in [6.07, 6.45) is 1.76. The molecule has 4 heteroatoms. The Bertz CT molecular complexity index is 206. The number of hydrogen-bond donors (Lipinski definition) is 2. The predicted molar refractivity (Wildman–Crippen MR) is 59.9 cm³/mol. The van der Waals surface area contributed by atoms with Crippen molar-refractivity contribution >= 4 is 5.71 Å². The lowest BCUT2D eigenvalue weighted by atomic mass is 9.90. The highest BCUT2D eigenvalue weighted by molar-refractivity contribution is 5.98. The van der Waals surface area contributed by atoms with E-state index in [0.717, 1.165) is 5.71 Å². The van der Waals surface area contributed by atoms with Gasteiger partial charge in [0.25, 0.3) is 0 Å². The Hall–Kier alpha value is -0.870. The zero-order chi connectivity index (χ0) is 11.2. The summed E-state index contributed by atoms with van der Waals surface area (Å²) >= 11 is 0. The molecule has 0 aliphatic carbocycles. The fourth-order valence-corrected chi connectivity index (χ4v) is 0.928. The number of aliphatic hydroxyl groups is 1. The summed E-state index contributed by atoms with van der Waals surface area (Å²) in [5.41, 5.74) is 0.926. The van der Waals surface area contributed by atoms with Gasteiger partial charge < -0.3 is 5.11 Å². The van der Waals surface area contributed by atoms with Crippen LogP contribution >= 0.6 is 0 Å². The molecule has 0 bridgehead atoms. The predicted octanol–water partition coefficient (Wildman–Crippen LogP) is 1.00. The van der Waals surface area contributed by atoms with Crippen LogP contribution in [0.2, 0.25) is 0 Å². The zero-order valence-corrected chi connectivity index (χ0v) is 9.54. The van der Waals surface area contributed by atoms with Gasteiger partial charge in [0, 0.05) is 12.5 Å². The van der Waals surface area contributed by atoms with Crippen LogP contribution in [0, 0.1) is 5.41 Å². The normalized spacial score (nSPS) is 12.8. The van der Waals surface area contributed by atoms with E-state index >= 15 is 0 Å². The smallest absolute Gasteiger partial charge is 0.0945 e. The van der Waals surface area contributed by atoms with Crippen LogP contribution in [-0.4, -0.2) is 36.3 Å². The minimum absolute atomic E-state index is 0.00474. The van der Waals surface area contributed by atoms with Gasteiger partial charge in [0.05, 0.1) is 19.1 Å². The number of allylic oxidation sites excluding steroid dienone is 1. The average molecular weight is 199 g/mol. The van der Waals surface area contributed by atoms with Crippen molar-refractivity contribution in [2.75, 3.05) is 20.4 Å². The summed E-state index contributed by atoms with van der Waals surface area (Å²) in [6.45, 7) is 10.5. The second kappa shape index (κ2) is 5.78. The minimum atomic E-state index is -0.0429. The molecule has 4 nitrogen and oxygen atoms in total. The fourth-order valence-electron chi connectivity index (χ4n) is 0.928. The monoisotopic (exact) mass is 199 g/mol. The van der Waals surface area contributed by atoms with Gasteiger partial charge >= 0.3 is 0 Å². The van der Waals surface area contributed by atoms with E-state index in [4.69, 9.17) is 5.11 Å². The van der Waals surface area contributed by atoms with Crippen molar-refractivity contribution in [1.29, 1.82) is 0 Å². The maximum Gasteiger partial charge on any atom is 0.0945 e. The molecule has 0 saturated heterocycles. The highest BCUT2D eigenvalue weighted by Crippen LogP contribution is 2.16. The van der Waals surface area contributed by atoms with E-state index < -0.39 is 0 Å². The molecule has 0 radical (unpaired) electrons. The Morgan fingerprint density at radius 1 is 1.57 bits per heavy atom. The number of nitrogens with one attached hydrogen (secondary N) is 1. The number of aliphatic hydroxyl groups excluding tert-OH is 1. The first-order valence-corrected chi connectivity index (χ1v) is 4.66. The van der Waals surface area contributed by atoms with Gasteiger partial charge in [-0.15, -0.1) is 0 Å². The van der Waals surface area contributed by atoms with Gasteiger partial charge in [0.1, 0.15) is 0 Å². The Labute approximate surface area is 86.3 Å². The Balaban J connectivity index is 4.36. The molecule has 0 unspecified atom stereocenters. The molecule has 0 aromatic heterocycles. The van der Waals surface area contributed by atoms with Crippen molar-refractivity contribution in [2.24, 2.45) is 10.5 Å². The first kappa shape index (κ1) is 13.1.